The Morgan fingerprint density at radius 2 is 2.21 bits per heavy atom. The molecule has 0 saturated carbocycles. The molecule has 1 aromatic rings. The molecule has 0 bridgehead atoms. The summed E-state index contributed by atoms with van der Waals surface area (Å²) in [4.78, 5) is 13.8. The first-order valence-corrected chi connectivity index (χ1v) is 4.48. The highest BCUT2D eigenvalue weighted by Gasteiger charge is 2.20. The van der Waals surface area contributed by atoms with Crippen molar-refractivity contribution in [3.05, 3.63) is 26.9 Å². The summed E-state index contributed by atoms with van der Waals surface area (Å²) in [6.07, 6.45) is -2.80. The normalized spacial score (nSPS) is 10.6. The number of nitrogens with zero attached hydrogens (tertiary/aromatic N) is 1. The molecule has 0 aliphatic rings. The van der Waals surface area contributed by atoms with Gasteiger partial charge in [0, 0.05) is 4.47 Å². The predicted octanol–water partition coefficient (Wildman–Crippen LogP) is 3.13. The molecular weight excluding hydrogens is 283 g/mol. The van der Waals surface area contributed by atoms with E-state index in [4.69, 9.17) is 16.7 Å². The molecule has 1 N–H and O–H groups in total. The number of hydrogen-bond acceptors (Lipinski definition) is 2. The number of halogens is 4. The Morgan fingerprint density at radius 1 is 1.64 bits per heavy atom. The van der Waals surface area contributed by atoms with Crippen molar-refractivity contribution in [1.82, 2.24) is 4.98 Å². The quantitative estimate of drug-likeness (QED) is 0.850. The van der Waals surface area contributed by atoms with E-state index in [0.29, 0.717) is 0 Å². The minimum absolute atomic E-state index is 0.0649. The van der Waals surface area contributed by atoms with Crippen LogP contribution >= 0.6 is 27.5 Å². The van der Waals surface area contributed by atoms with Gasteiger partial charge in [-0.3, -0.25) is 0 Å². The number of carboxylic acid groups (broad SMARTS) is 1. The van der Waals surface area contributed by atoms with Crippen LogP contribution in [0.25, 0.3) is 0 Å². The van der Waals surface area contributed by atoms with Crippen LogP contribution in [0.4, 0.5) is 8.78 Å². The van der Waals surface area contributed by atoms with E-state index < -0.39 is 23.1 Å². The summed E-state index contributed by atoms with van der Waals surface area (Å²) in [5.41, 5.74) is -0.886. The van der Waals surface area contributed by atoms with Crippen LogP contribution in [0.5, 0.6) is 0 Å². The average Bonchev–Trinajstić information content (AvgIpc) is 2.01. The van der Waals surface area contributed by atoms with Gasteiger partial charge in [-0.15, -0.1) is 0 Å². The molecule has 3 nitrogen and oxygen atoms in total. The highest BCUT2D eigenvalue weighted by atomic mass is 79.9. The molecular formula is C7H3BrClF2NO2. The molecule has 0 amide bonds. The largest absolute Gasteiger partial charge is 0.477 e. The molecule has 76 valence electrons. The first-order chi connectivity index (χ1) is 6.43. The maximum atomic E-state index is 12.3. The molecule has 0 unspecified atom stereocenters. The van der Waals surface area contributed by atoms with Crippen LogP contribution in [0.1, 0.15) is 22.5 Å². The third kappa shape index (κ3) is 2.19. The van der Waals surface area contributed by atoms with Gasteiger partial charge in [0.15, 0.2) is 5.69 Å². The SMILES string of the molecule is O=C(O)c1cc(Br)c(C(F)F)c(Cl)n1. The molecule has 0 aliphatic heterocycles. The topological polar surface area (TPSA) is 50.2 Å². The van der Waals surface area contributed by atoms with Gasteiger partial charge >= 0.3 is 5.97 Å². The van der Waals surface area contributed by atoms with Crippen LogP contribution in [-0.4, -0.2) is 16.1 Å². The second-order valence-corrected chi connectivity index (χ2v) is 3.51. The van der Waals surface area contributed by atoms with Gasteiger partial charge in [0.05, 0.1) is 5.56 Å². The van der Waals surface area contributed by atoms with Crippen LogP contribution < -0.4 is 0 Å². The molecule has 1 aromatic heterocycles. The second kappa shape index (κ2) is 4.18. The summed E-state index contributed by atoms with van der Waals surface area (Å²) in [5, 5.41) is 8.03. The van der Waals surface area contributed by atoms with E-state index in [1.165, 1.54) is 0 Å². The summed E-state index contributed by atoms with van der Waals surface area (Å²) >= 11 is 8.19. The molecule has 1 rings (SSSR count). The number of aromatic carboxylic acids is 1. The molecule has 0 spiro atoms. The van der Waals surface area contributed by atoms with E-state index in [0.717, 1.165) is 6.07 Å². The Kier molecular flexibility index (Phi) is 3.38. The summed E-state index contributed by atoms with van der Waals surface area (Å²) in [6.45, 7) is 0. The van der Waals surface area contributed by atoms with E-state index >= 15 is 0 Å². The van der Waals surface area contributed by atoms with Crippen molar-refractivity contribution in [3.63, 3.8) is 0 Å². The first-order valence-electron chi connectivity index (χ1n) is 3.31. The van der Waals surface area contributed by atoms with Crippen LogP contribution in [0, 0.1) is 0 Å². The highest BCUT2D eigenvalue weighted by molar-refractivity contribution is 9.10. The summed E-state index contributed by atoms with van der Waals surface area (Å²) < 4.78 is 24.6. The maximum absolute atomic E-state index is 12.3. The lowest BCUT2D eigenvalue weighted by Crippen LogP contribution is -2.03. The van der Waals surface area contributed by atoms with Crippen LogP contribution in [0.3, 0.4) is 0 Å². The minimum Gasteiger partial charge on any atom is -0.477 e. The van der Waals surface area contributed by atoms with Crippen molar-refractivity contribution < 1.29 is 18.7 Å². The smallest absolute Gasteiger partial charge is 0.354 e. The van der Waals surface area contributed by atoms with E-state index in [9.17, 15) is 13.6 Å². The average molecular weight is 286 g/mol. The van der Waals surface area contributed by atoms with E-state index in [1.807, 2.05) is 0 Å². The zero-order valence-electron chi connectivity index (χ0n) is 6.47. The first kappa shape index (κ1) is 11.3. The zero-order valence-corrected chi connectivity index (χ0v) is 8.81. The number of alkyl halides is 2. The number of carboxylic acids is 1. The van der Waals surface area contributed by atoms with E-state index in [-0.39, 0.29) is 10.2 Å². The molecule has 14 heavy (non-hydrogen) atoms. The van der Waals surface area contributed by atoms with Gasteiger partial charge in [-0.1, -0.05) is 27.5 Å². The Hall–Kier alpha value is -0.750. The summed E-state index contributed by atoms with van der Waals surface area (Å²) in [7, 11) is 0. The van der Waals surface area contributed by atoms with Crippen LogP contribution in [-0.2, 0) is 0 Å². The fraction of sp³-hybridized carbons (Fsp3) is 0.143. The number of aromatic nitrogens is 1. The molecule has 0 fully saturated rings. The van der Waals surface area contributed by atoms with E-state index in [1.54, 1.807) is 0 Å². The van der Waals surface area contributed by atoms with Crippen LogP contribution in [0.2, 0.25) is 5.15 Å². The number of rotatable bonds is 2. The summed E-state index contributed by atoms with van der Waals surface area (Å²) in [5.74, 6) is -1.33. The third-order valence-corrected chi connectivity index (χ3v) is 2.34. The fourth-order valence-electron chi connectivity index (χ4n) is 0.798. The molecule has 0 radical (unpaired) electrons. The predicted molar refractivity (Wildman–Crippen MR) is 48.9 cm³/mol. The van der Waals surface area contributed by atoms with Gasteiger partial charge in [-0.25, -0.2) is 18.6 Å². The highest BCUT2D eigenvalue weighted by Crippen LogP contribution is 2.32. The Labute approximate surface area is 90.8 Å². The lowest BCUT2D eigenvalue weighted by atomic mass is 10.2. The molecule has 0 saturated heterocycles. The Morgan fingerprint density at radius 3 is 2.57 bits per heavy atom. The van der Waals surface area contributed by atoms with Gasteiger partial charge in [0.2, 0.25) is 0 Å². The lowest BCUT2D eigenvalue weighted by Gasteiger charge is -2.05. The minimum atomic E-state index is -2.80. The van der Waals surface area contributed by atoms with Gasteiger partial charge < -0.3 is 5.11 Å². The second-order valence-electron chi connectivity index (χ2n) is 2.30. The molecule has 0 aliphatic carbocycles. The molecule has 0 atom stereocenters. The van der Waals surface area contributed by atoms with Gasteiger partial charge in [0.25, 0.3) is 6.43 Å². The molecule has 0 aromatic carbocycles. The number of pyridine rings is 1. The lowest BCUT2D eigenvalue weighted by molar-refractivity contribution is 0.0689. The van der Waals surface area contributed by atoms with Crippen molar-refractivity contribution in [2.24, 2.45) is 0 Å². The van der Waals surface area contributed by atoms with Crippen molar-refractivity contribution in [3.8, 4) is 0 Å². The van der Waals surface area contributed by atoms with Crippen molar-refractivity contribution in [2.45, 2.75) is 6.43 Å². The van der Waals surface area contributed by atoms with Crippen molar-refractivity contribution in [1.29, 1.82) is 0 Å². The number of hydrogen-bond donors (Lipinski definition) is 1. The summed E-state index contributed by atoms with van der Waals surface area (Å²) in [6, 6.07) is 0.982. The fourth-order valence-corrected chi connectivity index (χ4v) is 1.77. The molecule has 7 heteroatoms. The van der Waals surface area contributed by atoms with Gasteiger partial charge in [-0.2, -0.15) is 0 Å². The maximum Gasteiger partial charge on any atom is 0.354 e. The van der Waals surface area contributed by atoms with Gasteiger partial charge in [-0.05, 0) is 6.07 Å². The number of carbonyl (C=O) groups is 1. The van der Waals surface area contributed by atoms with Crippen molar-refractivity contribution in [2.75, 3.05) is 0 Å². The van der Waals surface area contributed by atoms with E-state index in [2.05, 4.69) is 20.9 Å². The standard InChI is InChI=1S/C7H3BrClF2NO2/c8-2-1-3(7(13)14)12-5(9)4(2)6(10)11/h1,6H,(H,13,14). The van der Waals surface area contributed by atoms with Crippen molar-refractivity contribution >= 4 is 33.5 Å². The third-order valence-electron chi connectivity index (χ3n) is 1.40. The zero-order chi connectivity index (χ0) is 10.9. The van der Waals surface area contributed by atoms with Crippen LogP contribution in [0.15, 0.2) is 10.5 Å². The Balaban J connectivity index is 3.32. The van der Waals surface area contributed by atoms with Gasteiger partial charge in [0.1, 0.15) is 5.15 Å². The molecule has 1 heterocycles. The Bertz CT molecular complexity index is 363. The monoisotopic (exact) mass is 285 g/mol.